The van der Waals surface area contributed by atoms with Crippen LogP contribution in [0.5, 0.6) is 0 Å². The number of fused-ring (bicyclic) bond motifs is 6. The Kier molecular flexibility index (Phi) is 6.47. The van der Waals surface area contributed by atoms with Crippen LogP contribution in [0.4, 0.5) is 0 Å². The minimum absolute atomic E-state index is 1.23. The van der Waals surface area contributed by atoms with E-state index >= 15 is 0 Å². The van der Waals surface area contributed by atoms with Crippen LogP contribution in [0.2, 0.25) is 0 Å². The predicted octanol–water partition coefficient (Wildman–Crippen LogP) is 14.2. The van der Waals surface area contributed by atoms with E-state index in [1.165, 1.54) is 97.0 Å². The summed E-state index contributed by atoms with van der Waals surface area (Å²) < 4.78 is 2.66. The summed E-state index contributed by atoms with van der Waals surface area (Å²) in [6.07, 6.45) is 0. The van der Waals surface area contributed by atoms with Crippen molar-refractivity contribution in [1.29, 1.82) is 0 Å². The van der Waals surface area contributed by atoms with Gasteiger partial charge in [-0.2, -0.15) is 0 Å². The van der Waals surface area contributed by atoms with Crippen molar-refractivity contribution in [3.8, 4) is 44.5 Å². The summed E-state index contributed by atoms with van der Waals surface area (Å²) in [6, 6.07) is 67.0. The lowest BCUT2D eigenvalue weighted by Crippen LogP contribution is -1.93. The van der Waals surface area contributed by atoms with Crippen LogP contribution in [0.3, 0.4) is 0 Å². The molecule has 10 rings (SSSR count). The molecule has 0 spiro atoms. The van der Waals surface area contributed by atoms with E-state index in [1.54, 1.807) is 0 Å². The fourth-order valence-electron chi connectivity index (χ4n) is 7.86. The van der Waals surface area contributed by atoms with Gasteiger partial charge >= 0.3 is 0 Å². The van der Waals surface area contributed by atoms with E-state index in [-0.39, 0.29) is 0 Å². The van der Waals surface area contributed by atoms with Gasteiger partial charge in [0, 0.05) is 20.2 Å². The summed E-state index contributed by atoms with van der Waals surface area (Å²) in [6.45, 7) is 0. The largest absolute Gasteiger partial charge is 0.135 e. The maximum Gasteiger partial charge on any atom is 0.0355 e. The third-order valence-corrected chi connectivity index (χ3v) is 11.2. The molecule has 10 aromatic rings. The van der Waals surface area contributed by atoms with Crippen molar-refractivity contribution in [1.82, 2.24) is 0 Å². The van der Waals surface area contributed by atoms with E-state index < -0.39 is 0 Å². The molecule has 0 unspecified atom stereocenters. The molecule has 0 radical (unpaired) electrons. The molecule has 1 aromatic heterocycles. The minimum atomic E-state index is 1.23. The molecule has 1 heterocycles. The molecule has 1 heteroatoms. The van der Waals surface area contributed by atoms with Gasteiger partial charge in [0.1, 0.15) is 0 Å². The Labute approximate surface area is 289 Å². The number of benzene rings is 9. The van der Waals surface area contributed by atoms with Crippen molar-refractivity contribution < 1.29 is 0 Å². The highest BCUT2D eigenvalue weighted by Gasteiger charge is 2.20. The van der Waals surface area contributed by atoms with Crippen LogP contribution in [-0.4, -0.2) is 0 Å². The smallest absolute Gasteiger partial charge is 0.0355 e. The maximum atomic E-state index is 2.40. The van der Waals surface area contributed by atoms with Crippen LogP contribution in [0.1, 0.15) is 0 Å². The van der Waals surface area contributed by atoms with E-state index in [2.05, 4.69) is 182 Å². The highest BCUT2D eigenvalue weighted by molar-refractivity contribution is 7.25. The van der Waals surface area contributed by atoms with Gasteiger partial charge in [0.25, 0.3) is 0 Å². The lowest BCUT2D eigenvalue weighted by Gasteiger charge is -2.20. The van der Waals surface area contributed by atoms with Crippen molar-refractivity contribution in [3.63, 3.8) is 0 Å². The Morgan fingerprint density at radius 2 is 0.796 bits per heavy atom. The molecule has 0 saturated carbocycles. The van der Waals surface area contributed by atoms with Crippen molar-refractivity contribution in [2.24, 2.45) is 0 Å². The van der Waals surface area contributed by atoms with Gasteiger partial charge in [-0.15, -0.1) is 11.3 Å². The third-order valence-electron chi connectivity index (χ3n) is 10.1. The fraction of sp³-hybridized carbons (Fsp3) is 0. The quantitative estimate of drug-likeness (QED) is 0.168. The summed E-state index contributed by atoms with van der Waals surface area (Å²) in [7, 11) is 0. The predicted molar refractivity (Wildman–Crippen MR) is 214 cm³/mol. The van der Waals surface area contributed by atoms with Gasteiger partial charge in [0.2, 0.25) is 0 Å². The van der Waals surface area contributed by atoms with Gasteiger partial charge in [0.15, 0.2) is 0 Å². The molecule has 0 aliphatic carbocycles. The van der Waals surface area contributed by atoms with Gasteiger partial charge in [0.05, 0.1) is 0 Å². The standard InChI is InChI=1S/C48H30S/c1-2-13-31(14-3-1)33-26-25-32-15-12-23-42(43(32)29-33)48-40-21-8-6-19-38(40)47(39-20-7-9-22-41(39)48)37-18-5-4-16-35(37)34-27-28-46-44(30-34)36-17-10-11-24-45(36)49-46/h1-30H. The van der Waals surface area contributed by atoms with Crippen LogP contribution in [0.15, 0.2) is 182 Å². The molecule has 49 heavy (non-hydrogen) atoms. The van der Waals surface area contributed by atoms with Gasteiger partial charge in [-0.05, 0) is 101 Å². The van der Waals surface area contributed by atoms with Gasteiger partial charge in [-0.25, -0.2) is 0 Å². The summed E-state index contributed by atoms with van der Waals surface area (Å²) in [5.41, 5.74) is 10.0. The molecule has 0 fully saturated rings. The lowest BCUT2D eigenvalue weighted by molar-refractivity contribution is 1.63. The average molecular weight is 639 g/mol. The van der Waals surface area contributed by atoms with Gasteiger partial charge in [-0.3, -0.25) is 0 Å². The zero-order chi connectivity index (χ0) is 32.3. The minimum Gasteiger partial charge on any atom is -0.135 e. The first-order valence-corrected chi connectivity index (χ1v) is 17.7. The molecule has 0 aliphatic heterocycles. The van der Waals surface area contributed by atoms with E-state index in [0.29, 0.717) is 0 Å². The number of rotatable bonds is 4. The Morgan fingerprint density at radius 1 is 0.265 bits per heavy atom. The molecule has 0 bridgehead atoms. The molecule has 0 N–H and O–H groups in total. The van der Waals surface area contributed by atoms with Crippen LogP contribution in [0, 0.1) is 0 Å². The Bertz CT molecular complexity index is 2820. The molecule has 0 aliphatic rings. The average Bonchev–Trinajstić information content (AvgIpc) is 3.55. The lowest BCUT2D eigenvalue weighted by atomic mass is 9.82. The van der Waals surface area contributed by atoms with Crippen LogP contribution < -0.4 is 0 Å². The van der Waals surface area contributed by atoms with Gasteiger partial charge < -0.3 is 0 Å². The van der Waals surface area contributed by atoms with Crippen molar-refractivity contribution in [2.45, 2.75) is 0 Å². The Balaban J connectivity index is 1.26. The summed E-state index contributed by atoms with van der Waals surface area (Å²) in [5, 5.41) is 10.2. The molecular formula is C48H30S. The van der Waals surface area contributed by atoms with Crippen molar-refractivity contribution in [3.05, 3.63) is 182 Å². The Hall–Kier alpha value is -6.02. The first-order valence-electron chi connectivity index (χ1n) is 16.8. The zero-order valence-corrected chi connectivity index (χ0v) is 27.5. The third kappa shape index (κ3) is 4.51. The molecular weight excluding hydrogens is 609 g/mol. The molecule has 0 amide bonds. The molecule has 228 valence electrons. The number of hydrogen-bond donors (Lipinski definition) is 0. The highest BCUT2D eigenvalue weighted by atomic mass is 32.1. The van der Waals surface area contributed by atoms with E-state index in [9.17, 15) is 0 Å². The second kappa shape index (κ2) is 11.3. The van der Waals surface area contributed by atoms with Crippen LogP contribution >= 0.6 is 11.3 Å². The molecule has 0 atom stereocenters. The molecule has 9 aromatic carbocycles. The number of hydrogen-bond acceptors (Lipinski definition) is 1. The number of thiophene rings is 1. The van der Waals surface area contributed by atoms with E-state index in [4.69, 9.17) is 0 Å². The van der Waals surface area contributed by atoms with Crippen molar-refractivity contribution >= 4 is 63.8 Å². The molecule has 0 nitrogen and oxygen atoms in total. The summed E-state index contributed by atoms with van der Waals surface area (Å²) in [4.78, 5) is 0. The zero-order valence-electron chi connectivity index (χ0n) is 26.7. The van der Waals surface area contributed by atoms with Crippen LogP contribution in [0.25, 0.3) is 97.0 Å². The van der Waals surface area contributed by atoms with Crippen LogP contribution in [-0.2, 0) is 0 Å². The van der Waals surface area contributed by atoms with E-state index in [0.717, 1.165) is 0 Å². The fourth-order valence-corrected chi connectivity index (χ4v) is 8.94. The maximum absolute atomic E-state index is 2.40. The SMILES string of the molecule is c1ccc(-c2ccc3cccc(-c4c5ccccc5c(-c5ccccc5-c5ccc6sc7ccccc7c6c5)c5ccccc45)c3c2)cc1. The Morgan fingerprint density at radius 3 is 1.53 bits per heavy atom. The second-order valence-corrected chi connectivity index (χ2v) is 13.9. The first kappa shape index (κ1) is 28.0. The second-order valence-electron chi connectivity index (χ2n) is 12.8. The van der Waals surface area contributed by atoms with Gasteiger partial charge in [-0.1, -0.05) is 158 Å². The summed E-state index contributed by atoms with van der Waals surface area (Å²) >= 11 is 1.87. The molecule has 0 saturated heterocycles. The highest BCUT2D eigenvalue weighted by Crippen LogP contribution is 2.48. The van der Waals surface area contributed by atoms with E-state index in [1.807, 2.05) is 11.3 Å². The summed E-state index contributed by atoms with van der Waals surface area (Å²) in [5.74, 6) is 0. The monoisotopic (exact) mass is 638 g/mol. The van der Waals surface area contributed by atoms with Crippen molar-refractivity contribution in [2.75, 3.05) is 0 Å². The first-order chi connectivity index (χ1) is 24.3. The normalized spacial score (nSPS) is 11.7. The topological polar surface area (TPSA) is 0 Å².